The molecule has 1 aromatic rings. The van der Waals surface area contributed by atoms with Gasteiger partial charge in [0.15, 0.2) is 0 Å². The average molecular weight is 285 g/mol. The molecule has 0 heterocycles. The Morgan fingerprint density at radius 3 is 2.53 bits per heavy atom. The van der Waals surface area contributed by atoms with Crippen molar-refractivity contribution in [2.75, 3.05) is 11.9 Å². The van der Waals surface area contributed by atoms with Crippen LogP contribution in [-0.4, -0.2) is 23.5 Å². The third-order valence-electron chi connectivity index (χ3n) is 3.24. The molecular formula is C13H17ClN2O3. The van der Waals surface area contributed by atoms with Crippen LogP contribution in [0.5, 0.6) is 0 Å². The van der Waals surface area contributed by atoms with Gasteiger partial charge in [0.25, 0.3) is 0 Å². The van der Waals surface area contributed by atoms with Crippen LogP contribution in [0.2, 0.25) is 5.02 Å². The molecule has 0 aliphatic rings. The van der Waals surface area contributed by atoms with Crippen LogP contribution in [0.15, 0.2) is 18.2 Å². The minimum atomic E-state index is -1.07. The SMILES string of the molecule is CCC(C)(CN)C(=O)Nc1ccc(C(=O)O)cc1Cl. The minimum Gasteiger partial charge on any atom is -0.478 e. The Labute approximate surface area is 116 Å². The third kappa shape index (κ3) is 3.45. The minimum absolute atomic E-state index is 0.0695. The van der Waals surface area contributed by atoms with Crippen molar-refractivity contribution in [1.29, 1.82) is 0 Å². The number of rotatable bonds is 5. The molecule has 0 bridgehead atoms. The van der Waals surface area contributed by atoms with Gasteiger partial charge in [0.05, 0.1) is 21.7 Å². The van der Waals surface area contributed by atoms with E-state index in [2.05, 4.69) is 5.32 Å². The number of carbonyl (C=O) groups excluding carboxylic acids is 1. The van der Waals surface area contributed by atoms with Crippen molar-refractivity contribution in [1.82, 2.24) is 0 Å². The Bertz CT molecular complexity index is 499. The Morgan fingerprint density at radius 1 is 1.47 bits per heavy atom. The molecule has 19 heavy (non-hydrogen) atoms. The molecule has 0 spiro atoms. The number of carboxylic acid groups (broad SMARTS) is 1. The van der Waals surface area contributed by atoms with Crippen LogP contribution in [0.3, 0.4) is 0 Å². The topological polar surface area (TPSA) is 92.4 Å². The van der Waals surface area contributed by atoms with Gasteiger partial charge in [-0.1, -0.05) is 18.5 Å². The second kappa shape index (κ2) is 6.04. The molecule has 0 aliphatic carbocycles. The quantitative estimate of drug-likeness (QED) is 0.774. The first-order valence-electron chi connectivity index (χ1n) is 5.88. The fraction of sp³-hybridized carbons (Fsp3) is 0.385. The molecule has 5 nitrogen and oxygen atoms in total. The highest BCUT2D eigenvalue weighted by Crippen LogP contribution is 2.27. The molecule has 1 unspecified atom stereocenters. The summed E-state index contributed by atoms with van der Waals surface area (Å²) in [4.78, 5) is 22.9. The van der Waals surface area contributed by atoms with Gasteiger partial charge in [-0.05, 0) is 31.5 Å². The van der Waals surface area contributed by atoms with Gasteiger partial charge in [0, 0.05) is 6.54 Å². The number of halogens is 1. The van der Waals surface area contributed by atoms with E-state index < -0.39 is 11.4 Å². The number of aromatic carboxylic acids is 1. The second-order valence-electron chi connectivity index (χ2n) is 4.57. The Balaban J connectivity index is 2.95. The van der Waals surface area contributed by atoms with Gasteiger partial charge in [-0.15, -0.1) is 0 Å². The summed E-state index contributed by atoms with van der Waals surface area (Å²) in [7, 11) is 0. The lowest BCUT2D eigenvalue weighted by Crippen LogP contribution is -2.39. The van der Waals surface area contributed by atoms with Crippen molar-refractivity contribution in [3.05, 3.63) is 28.8 Å². The molecule has 6 heteroatoms. The molecule has 1 aromatic carbocycles. The van der Waals surface area contributed by atoms with Gasteiger partial charge in [0.1, 0.15) is 0 Å². The molecule has 0 aromatic heterocycles. The maximum atomic E-state index is 12.1. The van der Waals surface area contributed by atoms with Crippen molar-refractivity contribution in [2.24, 2.45) is 11.1 Å². The molecule has 0 radical (unpaired) electrons. The predicted molar refractivity (Wildman–Crippen MR) is 74.5 cm³/mol. The van der Waals surface area contributed by atoms with E-state index in [1.165, 1.54) is 18.2 Å². The summed E-state index contributed by atoms with van der Waals surface area (Å²) in [5.74, 6) is -1.30. The van der Waals surface area contributed by atoms with Crippen LogP contribution in [0.1, 0.15) is 30.6 Å². The van der Waals surface area contributed by atoms with Crippen molar-refractivity contribution in [3.63, 3.8) is 0 Å². The van der Waals surface area contributed by atoms with Crippen LogP contribution >= 0.6 is 11.6 Å². The number of nitrogens with one attached hydrogen (secondary N) is 1. The summed E-state index contributed by atoms with van der Waals surface area (Å²) in [6.45, 7) is 3.86. The summed E-state index contributed by atoms with van der Waals surface area (Å²) < 4.78 is 0. The van der Waals surface area contributed by atoms with Crippen molar-refractivity contribution in [2.45, 2.75) is 20.3 Å². The smallest absolute Gasteiger partial charge is 0.335 e. The van der Waals surface area contributed by atoms with E-state index in [9.17, 15) is 9.59 Å². The van der Waals surface area contributed by atoms with Crippen LogP contribution in [0.4, 0.5) is 5.69 Å². The normalized spacial score (nSPS) is 13.7. The largest absolute Gasteiger partial charge is 0.478 e. The highest BCUT2D eigenvalue weighted by atomic mass is 35.5. The van der Waals surface area contributed by atoms with Gasteiger partial charge in [-0.25, -0.2) is 4.79 Å². The highest BCUT2D eigenvalue weighted by molar-refractivity contribution is 6.34. The molecule has 0 saturated carbocycles. The number of carbonyl (C=O) groups is 2. The Kier molecular flexibility index (Phi) is 4.91. The fourth-order valence-electron chi connectivity index (χ4n) is 1.42. The molecular weight excluding hydrogens is 268 g/mol. The van der Waals surface area contributed by atoms with Gasteiger partial charge < -0.3 is 16.2 Å². The van der Waals surface area contributed by atoms with Crippen molar-refractivity contribution in [3.8, 4) is 0 Å². The van der Waals surface area contributed by atoms with E-state index in [4.69, 9.17) is 22.4 Å². The van der Waals surface area contributed by atoms with E-state index in [-0.39, 0.29) is 23.0 Å². The molecule has 0 fully saturated rings. The van der Waals surface area contributed by atoms with Gasteiger partial charge in [-0.2, -0.15) is 0 Å². The molecule has 1 atom stereocenters. The monoisotopic (exact) mass is 284 g/mol. The zero-order valence-electron chi connectivity index (χ0n) is 10.9. The number of amides is 1. The molecule has 0 aliphatic heterocycles. The van der Waals surface area contributed by atoms with Crippen molar-refractivity contribution < 1.29 is 14.7 Å². The van der Waals surface area contributed by atoms with E-state index in [1.807, 2.05) is 6.92 Å². The molecule has 1 rings (SSSR count). The van der Waals surface area contributed by atoms with Gasteiger partial charge >= 0.3 is 5.97 Å². The number of benzene rings is 1. The lowest BCUT2D eigenvalue weighted by molar-refractivity contribution is -0.124. The standard InChI is InChI=1S/C13H17ClN2O3/c1-3-13(2,7-15)12(19)16-10-5-4-8(11(17)18)6-9(10)14/h4-6H,3,7,15H2,1-2H3,(H,16,19)(H,17,18). The van der Waals surface area contributed by atoms with Gasteiger partial charge in [-0.3, -0.25) is 4.79 Å². The number of carboxylic acids is 1. The Hall–Kier alpha value is -1.59. The molecule has 4 N–H and O–H groups in total. The first-order chi connectivity index (χ1) is 8.84. The molecule has 1 amide bonds. The molecule has 104 valence electrons. The summed E-state index contributed by atoms with van der Waals surface area (Å²) in [6, 6.07) is 4.15. The first-order valence-corrected chi connectivity index (χ1v) is 6.26. The van der Waals surface area contributed by atoms with E-state index in [0.29, 0.717) is 12.1 Å². The average Bonchev–Trinajstić information content (AvgIpc) is 2.39. The maximum Gasteiger partial charge on any atom is 0.335 e. The van der Waals surface area contributed by atoms with Crippen LogP contribution in [0, 0.1) is 5.41 Å². The van der Waals surface area contributed by atoms with E-state index in [0.717, 1.165) is 0 Å². The van der Waals surface area contributed by atoms with Crippen LogP contribution in [-0.2, 0) is 4.79 Å². The van der Waals surface area contributed by atoms with Gasteiger partial charge in [0.2, 0.25) is 5.91 Å². The first kappa shape index (κ1) is 15.5. The highest BCUT2D eigenvalue weighted by Gasteiger charge is 2.30. The zero-order valence-corrected chi connectivity index (χ0v) is 11.6. The second-order valence-corrected chi connectivity index (χ2v) is 4.98. The van der Waals surface area contributed by atoms with E-state index in [1.54, 1.807) is 6.92 Å². The summed E-state index contributed by atoms with van der Waals surface area (Å²) in [5, 5.41) is 11.7. The number of hydrogen-bond acceptors (Lipinski definition) is 3. The molecule has 0 saturated heterocycles. The van der Waals surface area contributed by atoms with Crippen LogP contribution in [0.25, 0.3) is 0 Å². The number of hydrogen-bond donors (Lipinski definition) is 3. The summed E-state index contributed by atoms with van der Waals surface area (Å²) in [5.41, 5.74) is 5.38. The maximum absolute atomic E-state index is 12.1. The lowest BCUT2D eigenvalue weighted by Gasteiger charge is -2.25. The van der Waals surface area contributed by atoms with E-state index >= 15 is 0 Å². The summed E-state index contributed by atoms with van der Waals surface area (Å²) >= 11 is 5.94. The number of anilines is 1. The third-order valence-corrected chi connectivity index (χ3v) is 3.56. The fourth-order valence-corrected chi connectivity index (χ4v) is 1.65. The summed E-state index contributed by atoms with van der Waals surface area (Å²) in [6.07, 6.45) is 0.597. The lowest BCUT2D eigenvalue weighted by atomic mass is 9.86. The number of nitrogens with two attached hydrogens (primary N) is 1. The predicted octanol–water partition coefficient (Wildman–Crippen LogP) is 2.35. The van der Waals surface area contributed by atoms with Crippen LogP contribution < -0.4 is 11.1 Å². The Morgan fingerprint density at radius 2 is 2.11 bits per heavy atom. The zero-order chi connectivity index (χ0) is 14.6. The van der Waals surface area contributed by atoms with Crippen molar-refractivity contribution >= 4 is 29.2 Å².